The molecular weight excluding hydrogens is 411 g/mol. The van der Waals surface area contributed by atoms with Crippen molar-refractivity contribution >= 4 is 35.5 Å². The lowest BCUT2D eigenvalue weighted by atomic mass is 10.1. The second-order valence-electron chi connectivity index (χ2n) is 6.83. The summed E-state index contributed by atoms with van der Waals surface area (Å²) in [6, 6.07) is 6.10. The number of hydrogen-bond acceptors (Lipinski definition) is 6. The summed E-state index contributed by atoms with van der Waals surface area (Å²) in [5, 5.41) is 2.65. The number of nitrogens with zero attached hydrogens (tertiary/aromatic N) is 4. The summed E-state index contributed by atoms with van der Waals surface area (Å²) in [5.41, 5.74) is 6.65. The molecule has 0 fully saturated rings. The molecule has 0 aliphatic heterocycles. The van der Waals surface area contributed by atoms with Crippen LogP contribution in [0.2, 0.25) is 0 Å². The molecule has 2 heterocycles. The van der Waals surface area contributed by atoms with Gasteiger partial charge in [-0.3, -0.25) is 0 Å². The van der Waals surface area contributed by atoms with Gasteiger partial charge in [0.05, 0.1) is 12.1 Å². The standard InChI is InChI=1S/C20H21FN6O2.ClH/c1-5-29-19(28)26-20(2,3)10-9-14-23-16(22)15-18(24-14)27(4)17(25-15)12-7-6-8-13(21)11-12;/h6-8,11H,5H2,1-4H3,(H,26,28)(H2,22,23,24);1H. The van der Waals surface area contributed by atoms with Crippen LogP contribution in [0.15, 0.2) is 24.3 Å². The molecule has 2 aromatic heterocycles. The third-order valence-corrected chi connectivity index (χ3v) is 4.01. The van der Waals surface area contributed by atoms with E-state index in [1.54, 1.807) is 44.5 Å². The van der Waals surface area contributed by atoms with E-state index in [1.807, 2.05) is 0 Å². The highest BCUT2D eigenvalue weighted by atomic mass is 35.5. The molecule has 0 unspecified atom stereocenters. The highest BCUT2D eigenvalue weighted by Crippen LogP contribution is 2.25. The first-order chi connectivity index (χ1) is 13.7. The fourth-order valence-electron chi connectivity index (χ4n) is 2.69. The van der Waals surface area contributed by atoms with Crippen molar-refractivity contribution in [1.29, 1.82) is 0 Å². The Balaban J connectivity index is 0.00000320. The summed E-state index contributed by atoms with van der Waals surface area (Å²) in [6.07, 6.45) is -0.561. The van der Waals surface area contributed by atoms with Crippen molar-refractivity contribution in [2.75, 3.05) is 12.3 Å². The first kappa shape index (κ1) is 22.9. The molecule has 0 radical (unpaired) electrons. The van der Waals surface area contributed by atoms with Gasteiger partial charge < -0.3 is 20.4 Å². The van der Waals surface area contributed by atoms with Crippen LogP contribution in [-0.4, -0.2) is 37.8 Å². The Labute approximate surface area is 179 Å². The van der Waals surface area contributed by atoms with Crippen LogP contribution in [0.1, 0.15) is 26.6 Å². The van der Waals surface area contributed by atoms with Crippen LogP contribution in [-0.2, 0) is 11.8 Å². The Kier molecular flexibility index (Phi) is 6.84. The zero-order valence-electron chi connectivity index (χ0n) is 17.0. The Morgan fingerprint density at radius 1 is 1.33 bits per heavy atom. The van der Waals surface area contributed by atoms with Gasteiger partial charge in [0.15, 0.2) is 17.0 Å². The molecule has 0 aliphatic carbocycles. The SMILES string of the molecule is CCOC(=O)NC(C)(C)C#Cc1nc(N)c2nc(-c3cccc(F)c3)n(C)c2n1.Cl. The number of anilines is 1. The fourth-order valence-corrected chi connectivity index (χ4v) is 2.69. The summed E-state index contributed by atoms with van der Waals surface area (Å²) in [7, 11) is 1.76. The molecular formula is C20H22ClFN6O2. The molecule has 10 heteroatoms. The minimum Gasteiger partial charge on any atom is -0.450 e. The van der Waals surface area contributed by atoms with Gasteiger partial charge in [-0.05, 0) is 38.8 Å². The largest absolute Gasteiger partial charge is 0.450 e. The number of halogens is 2. The number of aromatic nitrogens is 4. The van der Waals surface area contributed by atoms with E-state index in [0.29, 0.717) is 22.6 Å². The minimum atomic E-state index is -0.863. The topological polar surface area (TPSA) is 108 Å². The second-order valence-corrected chi connectivity index (χ2v) is 6.83. The molecule has 3 aromatic rings. The van der Waals surface area contributed by atoms with E-state index in [-0.39, 0.29) is 36.5 Å². The number of amides is 1. The smallest absolute Gasteiger partial charge is 0.408 e. The lowest BCUT2D eigenvalue weighted by molar-refractivity contribution is 0.146. The van der Waals surface area contributed by atoms with Gasteiger partial charge in [0.1, 0.15) is 11.6 Å². The third-order valence-electron chi connectivity index (χ3n) is 4.01. The lowest BCUT2D eigenvalue weighted by Gasteiger charge is -2.18. The van der Waals surface area contributed by atoms with Crippen molar-refractivity contribution < 1.29 is 13.9 Å². The van der Waals surface area contributed by atoms with Gasteiger partial charge in [-0.2, -0.15) is 0 Å². The molecule has 3 N–H and O–H groups in total. The lowest BCUT2D eigenvalue weighted by Crippen LogP contribution is -2.42. The molecule has 0 atom stereocenters. The van der Waals surface area contributed by atoms with Crippen molar-refractivity contribution in [3.63, 3.8) is 0 Å². The van der Waals surface area contributed by atoms with E-state index in [1.165, 1.54) is 12.1 Å². The number of hydrogen-bond donors (Lipinski definition) is 2. The van der Waals surface area contributed by atoms with Crippen LogP contribution >= 0.6 is 12.4 Å². The zero-order chi connectivity index (χ0) is 21.2. The van der Waals surface area contributed by atoms with Crippen molar-refractivity contribution in [2.45, 2.75) is 26.3 Å². The van der Waals surface area contributed by atoms with Crippen LogP contribution in [0.25, 0.3) is 22.6 Å². The number of nitrogens with two attached hydrogens (primary N) is 1. The van der Waals surface area contributed by atoms with Gasteiger partial charge in [-0.1, -0.05) is 18.1 Å². The maximum Gasteiger partial charge on any atom is 0.408 e. The summed E-state index contributed by atoms with van der Waals surface area (Å²) in [6.45, 7) is 5.44. The number of fused-ring (bicyclic) bond motifs is 1. The summed E-state index contributed by atoms with van der Waals surface area (Å²) in [5.74, 6) is 6.22. The van der Waals surface area contributed by atoms with Crippen molar-refractivity contribution in [1.82, 2.24) is 24.8 Å². The van der Waals surface area contributed by atoms with E-state index in [0.717, 1.165) is 0 Å². The molecule has 0 saturated carbocycles. The van der Waals surface area contributed by atoms with Crippen molar-refractivity contribution in [3.8, 4) is 23.2 Å². The van der Waals surface area contributed by atoms with Gasteiger partial charge >= 0.3 is 6.09 Å². The van der Waals surface area contributed by atoms with E-state index >= 15 is 0 Å². The van der Waals surface area contributed by atoms with Crippen LogP contribution < -0.4 is 11.1 Å². The number of benzene rings is 1. The Morgan fingerprint density at radius 3 is 2.73 bits per heavy atom. The highest BCUT2D eigenvalue weighted by molar-refractivity contribution is 5.86. The van der Waals surface area contributed by atoms with Crippen molar-refractivity contribution in [2.24, 2.45) is 7.05 Å². The van der Waals surface area contributed by atoms with E-state index in [9.17, 15) is 9.18 Å². The van der Waals surface area contributed by atoms with Gasteiger partial charge in [-0.25, -0.2) is 24.1 Å². The minimum absolute atomic E-state index is 0. The van der Waals surface area contributed by atoms with Crippen LogP contribution in [0.4, 0.5) is 15.0 Å². The number of nitrogen functional groups attached to an aromatic ring is 1. The number of nitrogens with one attached hydrogen (secondary N) is 1. The molecule has 158 valence electrons. The summed E-state index contributed by atoms with van der Waals surface area (Å²) >= 11 is 0. The summed E-state index contributed by atoms with van der Waals surface area (Å²) in [4.78, 5) is 24.7. The number of carbonyl (C=O) groups is 1. The molecule has 3 rings (SSSR count). The predicted molar refractivity (Wildman–Crippen MR) is 114 cm³/mol. The monoisotopic (exact) mass is 432 g/mol. The normalized spacial score (nSPS) is 10.7. The second kappa shape index (κ2) is 8.97. The maximum atomic E-state index is 13.6. The molecule has 0 bridgehead atoms. The first-order valence-electron chi connectivity index (χ1n) is 8.94. The number of carbonyl (C=O) groups excluding carboxylic acids is 1. The van der Waals surface area contributed by atoms with Crippen LogP contribution in [0, 0.1) is 17.7 Å². The molecule has 8 nitrogen and oxygen atoms in total. The number of rotatable bonds is 3. The number of aryl methyl sites for hydroxylation is 1. The van der Waals surface area contributed by atoms with E-state index in [2.05, 4.69) is 32.1 Å². The Hall–Kier alpha value is -3.38. The van der Waals surface area contributed by atoms with E-state index < -0.39 is 11.6 Å². The fraction of sp³-hybridized carbons (Fsp3) is 0.300. The van der Waals surface area contributed by atoms with Gasteiger partial charge in [0.2, 0.25) is 5.82 Å². The third kappa shape index (κ3) is 4.96. The zero-order valence-corrected chi connectivity index (χ0v) is 17.8. The molecule has 30 heavy (non-hydrogen) atoms. The van der Waals surface area contributed by atoms with Gasteiger partial charge in [0, 0.05) is 12.6 Å². The molecule has 1 aromatic carbocycles. The van der Waals surface area contributed by atoms with Crippen molar-refractivity contribution in [3.05, 3.63) is 35.9 Å². The molecule has 1 amide bonds. The maximum absolute atomic E-state index is 13.6. The van der Waals surface area contributed by atoms with Gasteiger partial charge in [0.25, 0.3) is 0 Å². The van der Waals surface area contributed by atoms with Gasteiger partial charge in [-0.15, -0.1) is 12.4 Å². The Morgan fingerprint density at radius 2 is 2.07 bits per heavy atom. The summed E-state index contributed by atoms with van der Waals surface area (Å²) < 4.78 is 20.2. The average molecular weight is 433 g/mol. The molecule has 0 spiro atoms. The average Bonchev–Trinajstić information content (AvgIpc) is 2.97. The molecule has 0 saturated heterocycles. The quantitative estimate of drug-likeness (QED) is 0.616. The van der Waals surface area contributed by atoms with Crippen LogP contribution in [0.5, 0.6) is 0 Å². The first-order valence-corrected chi connectivity index (χ1v) is 8.94. The van der Waals surface area contributed by atoms with Crippen LogP contribution in [0.3, 0.4) is 0 Å². The predicted octanol–water partition coefficient (Wildman–Crippen LogP) is 3.05. The van der Waals surface area contributed by atoms with E-state index in [4.69, 9.17) is 10.5 Å². The molecule has 0 aliphatic rings. The number of imidazole rings is 1. The number of alkyl carbamates (subject to hydrolysis) is 1. The Bertz CT molecular complexity index is 1150. The highest BCUT2D eigenvalue weighted by Gasteiger charge is 2.19. The number of ether oxygens (including phenoxy) is 1.